The van der Waals surface area contributed by atoms with E-state index in [9.17, 15) is 0 Å². The summed E-state index contributed by atoms with van der Waals surface area (Å²) >= 11 is 3.77. The molecule has 2 aromatic heterocycles. The summed E-state index contributed by atoms with van der Waals surface area (Å²) in [6.07, 6.45) is 2.23. The molecule has 1 atom stereocenters. The SMILES string of the molecule is CN=C(NCCN1CCc2sccc2C1)NC(C)Cc1ccc(C)s1.I. The molecule has 7 heteroatoms. The van der Waals surface area contributed by atoms with Gasteiger partial charge < -0.3 is 10.6 Å². The van der Waals surface area contributed by atoms with Crippen molar-refractivity contribution in [2.45, 2.75) is 39.3 Å². The van der Waals surface area contributed by atoms with Crippen molar-refractivity contribution in [2.75, 3.05) is 26.7 Å². The van der Waals surface area contributed by atoms with E-state index < -0.39 is 0 Å². The van der Waals surface area contributed by atoms with Gasteiger partial charge in [-0.15, -0.1) is 46.7 Å². The molecule has 26 heavy (non-hydrogen) atoms. The van der Waals surface area contributed by atoms with Crippen molar-refractivity contribution in [2.24, 2.45) is 4.99 Å². The molecule has 0 aromatic carbocycles. The van der Waals surface area contributed by atoms with E-state index in [0.29, 0.717) is 6.04 Å². The Labute approximate surface area is 182 Å². The van der Waals surface area contributed by atoms with Crippen LogP contribution in [0.25, 0.3) is 0 Å². The smallest absolute Gasteiger partial charge is 0.191 e. The summed E-state index contributed by atoms with van der Waals surface area (Å²) in [5, 5.41) is 9.18. The summed E-state index contributed by atoms with van der Waals surface area (Å²) < 4.78 is 0. The molecule has 0 saturated heterocycles. The van der Waals surface area contributed by atoms with Crippen LogP contribution in [0.1, 0.15) is 27.1 Å². The number of aryl methyl sites for hydroxylation is 1. The summed E-state index contributed by atoms with van der Waals surface area (Å²) in [7, 11) is 1.84. The second kappa shape index (κ2) is 10.6. The molecule has 2 aromatic rings. The van der Waals surface area contributed by atoms with E-state index in [2.05, 4.69) is 58.0 Å². The molecule has 1 aliphatic rings. The highest BCUT2D eigenvalue weighted by Gasteiger charge is 2.16. The quantitative estimate of drug-likeness (QED) is 0.356. The number of guanidine groups is 1. The lowest BCUT2D eigenvalue weighted by molar-refractivity contribution is 0.260. The topological polar surface area (TPSA) is 39.7 Å². The van der Waals surface area contributed by atoms with Crippen LogP contribution < -0.4 is 10.6 Å². The summed E-state index contributed by atoms with van der Waals surface area (Å²) in [4.78, 5) is 11.3. The molecular weight excluding hydrogens is 475 g/mol. The number of hydrogen-bond acceptors (Lipinski definition) is 4. The van der Waals surface area contributed by atoms with E-state index in [0.717, 1.165) is 38.6 Å². The average Bonchev–Trinajstić information content (AvgIpc) is 3.22. The molecular formula is C19H29IN4S2. The summed E-state index contributed by atoms with van der Waals surface area (Å²) in [5.41, 5.74) is 1.51. The zero-order chi connectivity index (χ0) is 17.6. The molecule has 4 nitrogen and oxygen atoms in total. The number of hydrogen-bond donors (Lipinski definition) is 2. The largest absolute Gasteiger partial charge is 0.355 e. The molecule has 0 saturated carbocycles. The first-order chi connectivity index (χ1) is 12.1. The highest BCUT2D eigenvalue weighted by molar-refractivity contribution is 14.0. The van der Waals surface area contributed by atoms with Crippen LogP contribution in [0.4, 0.5) is 0 Å². The van der Waals surface area contributed by atoms with Crippen LogP contribution in [-0.2, 0) is 19.4 Å². The fraction of sp³-hybridized carbons (Fsp3) is 0.526. The molecule has 0 amide bonds. The maximum Gasteiger partial charge on any atom is 0.191 e. The number of aliphatic imine (C=N–C) groups is 1. The number of nitrogens with one attached hydrogen (secondary N) is 2. The molecule has 3 rings (SSSR count). The van der Waals surface area contributed by atoms with Crippen LogP contribution >= 0.6 is 46.7 Å². The van der Waals surface area contributed by atoms with Gasteiger partial charge in [-0.25, -0.2) is 0 Å². The zero-order valence-electron chi connectivity index (χ0n) is 15.7. The van der Waals surface area contributed by atoms with E-state index in [1.807, 2.05) is 29.7 Å². The van der Waals surface area contributed by atoms with Gasteiger partial charge in [0.2, 0.25) is 0 Å². The predicted molar refractivity (Wildman–Crippen MR) is 125 cm³/mol. The lowest BCUT2D eigenvalue weighted by atomic mass is 10.1. The number of thiophene rings is 2. The van der Waals surface area contributed by atoms with Crippen LogP contribution in [-0.4, -0.2) is 43.6 Å². The Balaban J connectivity index is 0.00000243. The Morgan fingerprint density at radius 1 is 1.35 bits per heavy atom. The molecule has 3 heterocycles. The van der Waals surface area contributed by atoms with E-state index in [4.69, 9.17) is 0 Å². The van der Waals surface area contributed by atoms with Crippen molar-refractivity contribution in [3.8, 4) is 0 Å². The van der Waals surface area contributed by atoms with Gasteiger partial charge in [-0.1, -0.05) is 0 Å². The Bertz CT molecular complexity index is 710. The zero-order valence-corrected chi connectivity index (χ0v) is 19.7. The molecule has 1 aliphatic heterocycles. The number of fused-ring (bicyclic) bond motifs is 1. The van der Waals surface area contributed by atoms with Crippen LogP contribution in [0.2, 0.25) is 0 Å². The van der Waals surface area contributed by atoms with E-state index in [1.165, 1.54) is 21.7 Å². The van der Waals surface area contributed by atoms with Gasteiger partial charge in [0.1, 0.15) is 0 Å². The number of nitrogens with zero attached hydrogens (tertiary/aromatic N) is 2. The first-order valence-corrected chi connectivity index (χ1v) is 10.6. The van der Waals surface area contributed by atoms with Gasteiger partial charge in [-0.05, 0) is 49.4 Å². The molecule has 0 bridgehead atoms. The maximum atomic E-state index is 4.37. The Morgan fingerprint density at radius 2 is 2.19 bits per heavy atom. The standard InChI is InChI=1S/C19H28N4S2.HI/c1-14(12-17-5-4-15(2)25-17)22-19(20-3)21-8-10-23-9-6-18-16(13-23)7-11-24-18;/h4-5,7,11,14H,6,8-10,12-13H2,1-3H3,(H2,20,21,22);1H. The first-order valence-electron chi connectivity index (χ1n) is 8.94. The van der Waals surface area contributed by atoms with Crippen molar-refractivity contribution in [3.05, 3.63) is 43.8 Å². The third-order valence-corrected chi connectivity index (χ3v) is 6.56. The van der Waals surface area contributed by atoms with Crippen molar-refractivity contribution >= 4 is 52.6 Å². The molecule has 0 radical (unpaired) electrons. The summed E-state index contributed by atoms with van der Waals surface area (Å²) in [5.74, 6) is 0.897. The summed E-state index contributed by atoms with van der Waals surface area (Å²) in [6, 6.07) is 7.06. The maximum absolute atomic E-state index is 4.37. The van der Waals surface area contributed by atoms with Gasteiger partial charge in [-0.3, -0.25) is 9.89 Å². The van der Waals surface area contributed by atoms with Crippen molar-refractivity contribution in [1.29, 1.82) is 0 Å². The molecule has 0 spiro atoms. The van der Waals surface area contributed by atoms with Gasteiger partial charge in [0.25, 0.3) is 0 Å². The van der Waals surface area contributed by atoms with Crippen LogP contribution in [0.15, 0.2) is 28.6 Å². The Morgan fingerprint density at radius 3 is 2.92 bits per heavy atom. The molecule has 2 N–H and O–H groups in total. The van der Waals surface area contributed by atoms with Crippen molar-refractivity contribution < 1.29 is 0 Å². The first kappa shape index (κ1) is 21.7. The molecule has 0 aliphatic carbocycles. The van der Waals surface area contributed by atoms with Gasteiger partial charge in [0.05, 0.1) is 0 Å². The molecule has 1 unspecified atom stereocenters. The highest BCUT2D eigenvalue weighted by Crippen LogP contribution is 2.23. The monoisotopic (exact) mass is 504 g/mol. The van der Waals surface area contributed by atoms with Crippen LogP contribution in [0, 0.1) is 6.92 Å². The van der Waals surface area contributed by atoms with Gasteiger partial charge in [-0.2, -0.15) is 0 Å². The highest BCUT2D eigenvalue weighted by atomic mass is 127. The average molecular weight is 505 g/mol. The van der Waals surface area contributed by atoms with Crippen molar-refractivity contribution in [3.63, 3.8) is 0 Å². The van der Waals surface area contributed by atoms with Gasteiger partial charge in [0.15, 0.2) is 5.96 Å². The molecule has 0 fully saturated rings. The fourth-order valence-electron chi connectivity index (χ4n) is 3.21. The Kier molecular flexibility index (Phi) is 8.86. The lowest BCUT2D eigenvalue weighted by Gasteiger charge is -2.27. The van der Waals surface area contributed by atoms with Crippen molar-refractivity contribution in [1.82, 2.24) is 15.5 Å². The second-order valence-corrected chi connectivity index (χ2v) is 9.03. The number of rotatable bonds is 6. The Hall–Kier alpha value is -0.640. The van der Waals surface area contributed by atoms with E-state index in [1.54, 1.807) is 4.88 Å². The minimum atomic E-state index is 0. The normalized spacial score (nSPS) is 15.9. The van der Waals surface area contributed by atoms with E-state index >= 15 is 0 Å². The predicted octanol–water partition coefficient (Wildman–Crippen LogP) is 3.89. The molecule has 144 valence electrons. The summed E-state index contributed by atoms with van der Waals surface area (Å²) in [6.45, 7) is 8.59. The number of halogens is 1. The third kappa shape index (κ3) is 6.21. The second-order valence-electron chi connectivity index (χ2n) is 6.66. The van der Waals surface area contributed by atoms with Crippen LogP contribution in [0.3, 0.4) is 0 Å². The lowest BCUT2D eigenvalue weighted by Crippen LogP contribution is -2.45. The third-order valence-electron chi connectivity index (χ3n) is 4.52. The fourth-order valence-corrected chi connectivity index (χ4v) is 5.11. The minimum absolute atomic E-state index is 0. The van der Waals surface area contributed by atoms with Crippen LogP contribution in [0.5, 0.6) is 0 Å². The van der Waals surface area contributed by atoms with E-state index in [-0.39, 0.29) is 24.0 Å². The minimum Gasteiger partial charge on any atom is -0.355 e. The van der Waals surface area contributed by atoms with Gasteiger partial charge >= 0.3 is 0 Å². The van der Waals surface area contributed by atoms with Gasteiger partial charge in [0, 0.05) is 60.3 Å².